The quantitative estimate of drug-likeness (QED) is 0.805. The van der Waals surface area contributed by atoms with E-state index in [-0.39, 0.29) is 10.0 Å². The van der Waals surface area contributed by atoms with Crippen molar-refractivity contribution in [1.29, 1.82) is 0 Å². The first kappa shape index (κ1) is 15.1. The molecular weight excluding hydrogens is 324 g/mol. The lowest BCUT2D eigenvalue weighted by atomic mass is 9.75. The minimum absolute atomic E-state index is 0.0896. The van der Waals surface area contributed by atoms with Crippen LogP contribution in [0, 0.1) is 11.6 Å². The van der Waals surface area contributed by atoms with E-state index < -0.39 is 23.1 Å². The summed E-state index contributed by atoms with van der Waals surface area (Å²) in [4.78, 5) is 0. The smallest absolute Gasteiger partial charge is 0.145 e. The molecule has 0 bridgehead atoms. The van der Waals surface area contributed by atoms with Gasteiger partial charge in [-0.3, -0.25) is 0 Å². The van der Waals surface area contributed by atoms with Crippen molar-refractivity contribution < 1.29 is 8.78 Å². The van der Waals surface area contributed by atoms with Gasteiger partial charge in [0, 0.05) is 17.0 Å². The highest BCUT2D eigenvalue weighted by molar-refractivity contribution is 9.10. The zero-order valence-electron chi connectivity index (χ0n) is 11.3. The van der Waals surface area contributed by atoms with Crippen LogP contribution in [0.15, 0.2) is 46.9 Å². The van der Waals surface area contributed by atoms with Crippen LogP contribution < -0.4 is 5.73 Å². The molecule has 0 aliphatic heterocycles. The highest BCUT2D eigenvalue weighted by Crippen LogP contribution is 2.38. The second kappa shape index (κ2) is 5.62. The van der Waals surface area contributed by atoms with Gasteiger partial charge in [0.1, 0.15) is 11.6 Å². The van der Waals surface area contributed by atoms with Gasteiger partial charge in [0.15, 0.2) is 0 Å². The molecule has 106 valence electrons. The number of benzene rings is 2. The van der Waals surface area contributed by atoms with Crippen molar-refractivity contribution >= 4 is 15.9 Å². The van der Waals surface area contributed by atoms with E-state index in [4.69, 9.17) is 5.73 Å². The zero-order chi connectivity index (χ0) is 14.9. The first-order valence-corrected chi connectivity index (χ1v) is 7.09. The van der Waals surface area contributed by atoms with Gasteiger partial charge >= 0.3 is 0 Å². The fourth-order valence-corrected chi connectivity index (χ4v) is 2.58. The van der Waals surface area contributed by atoms with Gasteiger partial charge < -0.3 is 5.73 Å². The van der Waals surface area contributed by atoms with Crippen LogP contribution in [0.3, 0.4) is 0 Å². The summed E-state index contributed by atoms with van der Waals surface area (Å²) in [5, 5.41) is 0. The number of halogens is 3. The van der Waals surface area contributed by atoms with Crippen molar-refractivity contribution in [2.24, 2.45) is 5.73 Å². The third kappa shape index (κ3) is 2.63. The summed E-state index contributed by atoms with van der Waals surface area (Å²) in [7, 11) is 0. The first-order valence-electron chi connectivity index (χ1n) is 6.30. The second-order valence-electron chi connectivity index (χ2n) is 5.32. The van der Waals surface area contributed by atoms with E-state index in [0.717, 1.165) is 5.56 Å². The predicted molar refractivity (Wildman–Crippen MR) is 80.5 cm³/mol. The van der Waals surface area contributed by atoms with Crippen molar-refractivity contribution in [3.05, 3.63) is 69.7 Å². The SMILES string of the molecule is CC(C)(c1ccccc1)C(N)c1c(F)ccc(Br)c1F. The van der Waals surface area contributed by atoms with Crippen molar-refractivity contribution in [3.8, 4) is 0 Å². The average Bonchev–Trinajstić information content (AvgIpc) is 2.44. The lowest BCUT2D eigenvalue weighted by Gasteiger charge is -2.33. The Morgan fingerprint density at radius 3 is 2.25 bits per heavy atom. The topological polar surface area (TPSA) is 26.0 Å². The average molecular weight is 340 g/mol. The van der Waals surface area contributed by atoms with Crippen molar-refractivity contribution in [2.75, 3.05) is 0 Å². The van der Waals surface area contributed by atoms with Gasteiger partial charge in [-0.1, -0.05) is 44.2 Å². The Balaban J connectivity index is 2.51. The van der Waals surface area contributed by atoms with E-state index in [1.807, 2.05) is 44.2 Å². The molecule has 1 nitrogen and oxygen atoms in total. The number of nitrogens with two attached hydrogens (primary N) is 1. The van der Waals surface area contributed by atoms with E-state index in [9.17, 15) is 8.78 Å². The second-order valence-corrected chi connectivity index (χ2v) is 6.18. The molecule has 0 heterocycles. The van der Waals surface area contributed by atoms with Gasteiger partial charge in [-0.15, -0.1) is 0 Å². The fourth-order valence-electron chi connectivity index (χ4n) is 2.24. The lowest BCUT2D eigenvalue weighted by Crippen LogP contribution is -2.34. The Hall–Kier alpha value is -1.26. The monoisotopic (exact) mass is 339 g/mol. The molecule has 2 aromatic carbocycles. The van der Waals surface area contributed by atoms with Crippen LogP contribution in [0.2, 0.25) is 0 Å². The van der Waals surface area contributed by atoms with Crippen LogP contribution in [0.5, 0.6) is 0 Å². The van der Waals surface area contributed by atoms with Crippen molar-refractivity contribution in [3.63, 3.8) is 0 Å². The third-order valence-electron chi connectivity index (χ3n) is 3.69. The predicted octanol–water partition coefficient (Wildman–Crippen LogP) is 4.70. The summed E-state index contributed by atoms with van der Waals surface area (Å²) >= 11 is 3.07. The van der Waals surface area contributed by atoms with Crippen LogP contribution >= 0.6 is 15.9 Å². The Morgan fingerprint density at radius 1 is 1.05 bits per heavy atom. The van der Waals surface area contributed by atoms with E-state index >= 15 is 0 Å². The number of hydrogen-bond donors (Lipinski definition) is 1. The molecule has 0 fully saturated rings. The summed E-state index contributed by atoms with van der Waals surface area (Å²) < 4.78 is 28.4. The Kier molecular flexibility index (Phi) is 4.25. The highest BCUT2D eigenvalue weighted by atomic mass is 79.9. The molecular formula is C16H16BrF2N. The van der Waals surface area contributed by atoms with Gasteiger partial charge in [-0.25, -0.2) is 8.78 Å². The molecule has 0 aliphatic rings. The van der Waals surface area contributed by atoms with Gasteiger partial charge in [0.25, 0.3) is 0 Å². The van der Waals surface area contributed by atoms with Crippen LogP contribution in [0.25, 0.3) is 0 Å². The Bertz CT molecular complexity index is 611. The molecule has 2 aromatic rings. The third-order valence-corrected chi connectivity index (χ3v) is 4.30. The fraction of sp³-hybridized carbons (Fsp3) is 0.250. The zero-order valence-corrected chi connectivity index (χ0v) is 12.9. The molecule has 0 aromatic heterocycles. The summed E-state index contributed by atoms with van der Waals surface area (Å²) in [6.07, 6.45) is 0. The molecule has 4 heteroatoms. The molecule has 1 unspecified atom stereocenters. The molecule has 2 rings (SSSR count). The molecule has 0 saturated carbocycles. The van der Waals surface area contributed by atoms with Crippen molar-refractivity contribution in [1.82, 2.24) is 0 Å². The summed E-state index contributed by atoms with van der Waals surface area (Å²) in [6.45, 7) is 3.76. The minimum atomic E-state index is -0.789. The number of rotatable bonds is 3. The minimum Gasteiger partial charge on any atom is -0.323 e. The maximum atomic E-state index is 14.2. The molecule has 2 N–H and O–H groups in total. The molecule has 0 radical (unpaired) electrons. The molecule has 0 saturated heterocycles. The molecule has 0 amide bonds. The van der Waals surface area contributed by atoms with Crippen LogP contribution in [-0.4, -0.2) is 0 Å². The highest BCUT2D eigenvalue weighted by Gasteiger charge is 2.33. The van der Waals surface area contributed by atoms with Gasteiger partial charge in [0.2, 0.25) is 0 Å². The molecule has 0 aliphatic carbocycles. The maximum Gasteiger partial charge on any atom is 0.145 e. The van der Waals surface area contributed by atoms with Gasteiger partial charge in [-0.05, 0) is 33.6 Å². The van der Waals surface area contributed by atoms with E-state index in [1.54, 1.807) is 0 Å². The lowest BCUT2D eigenvalue weighted by molar-refractivity contribution is 0.390. The van der Waals surface area contributed by atoms with Gasteiger partial charge in [0.05, 0.1) is 4.47 Å². The standard InChI is InChI=1S/C16H16BrF2N/c1-16(2,10-6-4-3-5-7-10)15(20)13-12(18)9-8-11(17)14(13)19/h3-9,15H,20H2,1-2H3. The van der Waals surface area contributed by atoms with Crippen LogP contribution in [0.1, 0.15) is 31.0 Å². The molecule has 20 heavy (non-hydrogen) atoms. The van der Waals surface area contributed by atoms with E-state index in [2.05, 4.69) is 15.9 Å². The Morgan fingerprint density at radius 2 is 1.65 bits per heavy atom. The maximum absolute atomic E-state index is 14.2. The number of hydrogen-bond acceptors (Lipinski definition) is 1. The van der Waals surface area contributed by atoms with Gasteiger partial charge in [-0.2, -0.15) is 0 Å². The largest absolute Gasteiger partial charge is 0.323 e. The first-order chi connectivity index (χ1) is 9.35. The van der Waals surface area contributed by atoms with E-state index in [0.29, 0.717) is 0 Å². The molecule has 0 spiro atoms. The summed E-state index contributed by atoms with van der Waals surface area (Å²) in [5.41, 5.74) is 6.43. The van der Waals surface area contributed by atoms with Crippen molar-refractivity contribution in [2.45, 2.75) is 25.3 Å². The summed E-state index contributed by atoms with van der Waals surface area (Å²) in [5.74, 6) is -1.26. The molecule has 1 atom stereocenters. The Labute approximate surface area is 125 Å². The normalized spacial score (nSPS) is 13.3. The van der Waals surface area contributed by atoms with Crippen LogP contribution in [0.4, 0.5) is 8.78 Å². The summed E-state index contributed by atoms with van der Waals surface area (Å²) in [6, 6.07) is 11.3. The van der Waals surface area contributed by atoms with Crippen LogP contribution in [-0.2, 0) is 5.41 Å². The van der Waals surface area contributed by atoms with E-state index in [1.165, 1.54) is 12.1 Å².